The van der Waals surface area contributed by atoms with Crippen LogP contribution in [-0.4, -0.2) is 76.8 Å². The van der Waals surface area contributed by atoms with Crippen molar-refractivity contribution in [1.29, 1.82) is 0 Å². The average molecular weight is 410 g/mol. The summed E-state index contributed by atoms with van der Waals surface area (Å²) in [5, 5.41) is 37.9. The van der Waals surface area contributed by atoms with Crippen LogP contribution in [0, 0.1) is 0 Å². The Labute approximate surface area is 157 Å². The molecule has 2 aromatic heterocycles. The molecule has 10 N–H and O–H groups in total. The van der Waals surface area contributed by atoms with Gasteiger partial charge in [0.05, 0.1) is 0 Å². The molecule has 4 atom stereocenters. The van der Waals surface area contributed by atoms with Crippen molar-refractivity contribution >= 4 is 0 Å². The predicted molar refractivity (Wildman–Crippen MR) is 87.6 cm³/mol. The summed E-state index contributed by atoms with van der Waals surface area (Å²) in [6.07, 6.45) is 8.24. The van der Waals surface area contributed by atoms with Crippen molar-refractivity contribution in [3.05, 3.63) is 49.6 Å². The predicted octanol–water partition coefficient (Wildman–Crippen LogP) is -2.25. The fraction of sp³-hybridized carbons (Fsp3) is 0.333. The minimum absolute atomic E-state index is 0. The molecular formula is C12H22N6O10. The average Bonchev–Trinajstić information content (AvgIpc) is 2.76. The molecule has 0 spiro atoms. The largest absolute Gasteiger partial charge is 0.412 e. The minimum Gasteiger partial charge on any atom is -0.412 e. The Morgan fingerprint density at radius 1 is 0.464 bits per heavy atom. The fourth-order valence-electron chi connectivity index (χ4n) is 1.52. The molecule has 1 aliphatic rings. The normalized spacial score (nSPS) is 22.7. The summed E-state index contributed by atoms with van der Waals surface area (Å²) in [5.41, 5.74) is 0. The second-order valence-electron chi connectivity index (χ2n) is 4.23. The zero-order valence-corrected chi connectivity index (χ0v) is 14.1. The molecule has 2 aromatic rings. The number of aromatic nitrogens is 4. The van der Waals surface area contributed by atoms with E-state index in [2.05, 4.69) is 50.1 Å². The van der Waals surface area contributed by atoms with Crippen molar-refractivity contribution < 1.29 is 51.5 Å². The molecular weight excluding hydrogens is 388 g/mol. The first kappa shape index (κ1) is 27.9. The molecule has 160 valence electrons. The summed E-state index contributed by atoms with van der Waals surface area (Å²) in [6, 6.07) is 0. The Balaban J connectivity index is 0. The third kappa shape index (κ3) is 10.7. The highest BCUT2D eigenvalue weighted by atomic mass is 17.2. The molecule has 3 rings (SSSR count). The molecule has 16 heteroatoms. The molecule has 0 saturated carbocycles. The second kappa shape index (κ2) is 18.1. The van der Waals surface area contributed by atoms with Gasteiger partial charge in [0.2, 0.25) is 0 Å². The summed E-state index contributed by atoms with van der Waals surface area (Å²) < 4.78 is 0. The van der Waals surface area contributed by atoms with Gasteiger partial charge in [-0.1, -0.05) is 0 Å². The maximum absolute atomic E-state index is 8.33. The van der Waals surface area contributed by atoms with Crippen molar-refractivity contribution in [2.75, 3.05) is 0 Å². The minimum atomic E-state index is -1.22. The first-order valence-electron chi connectivity index (χ1n) is 6.89. The van der Waals surface area contributed by atoms with Crippen molar-refractivity contribution in [3.8, 4) is 0 Å². The highest BCUT2D eigenvalue weighted by Gasteiger charge is 2.40. The van der Waals surface area contributed by atoms with Crippen LogP contribution in [0.15, 0.2) is 49.6 Å². The van der Waals surface area contributed by atoms with Gasteiger partial charge in [0.15, 0.2) is 24.9 Å². The van der Waals surface area contributed by atoms with E-state index in [-0.39, 0.29) is 11.0 Å². The van der Waals surface area contributed by atoms with E-state index in [4.69, 9.17) is 21.0 Å². The van der Waals surface area contributed by atoms with Crippen LogP contribution in [0.3, 0.4) is 0 Å². The number of hydrogen-bond donors (Lipinski definition) is 6. The van der Waals surface area contributed by atoms with Crippen LogP contribution in [-0.2, 0) is 19.6 Å². The van der Waals surface area contributed by atoms with E-state index < -0.39 is 24.9 Å². The lowest BCUT2D eigenvalue weighted by molar-refractivity contribution is -0.429. The molecule has 0 amide bonds. The van der Waals surface area contributed by atoms with Gasteiger partial charge in [-0.2, -0.15) is 0 Å². The Kier molecular flexibility index (Phi) is 18.0. The number of nitrogens with one attached hydrogen (secondary N) is 2. The van der Waals surface area contributed by atoms with Gasteiger partial charge in [-0.25, -0.2) is 19.6 Å². The van der Waals surface area contributed by atoms with Gasteiger partial charge >= 0.3 is 0 Å². The van der Waals surface area contributed by atoms with E-state index >= 15 is 0 Å². The Morgan fingerprint density at radius 3 is 0.750 bits per heavy atom. The summed E-state index contributed by atoms with van der Waals surface area (Å²) in [6.45, 7) is 0. The van der Waals surface area contributed by atoms with Gasteiger partial charge in [-0.15, -0.1) is 0 Å². The second-order valence-corrected chi connectivity index (χ2v) is 4.23. The molecule has 1 saturated heterocycles. The van der Waals surface area contributed by atoms with Gasteiger partial charge in [0.1, 0.15) is 0 Å². The fourth-order valence-corrected chi connectivity index (χ4v) is 1.52. The quantitative estimate of drug-likeness (QED) is 0.230. The van der Waals surface area contributed by atoms with Crippen LogP contribution in [0.5, 0.6) is 0 Å². The van der Waals surface area contributed by atoms with Crippen LogP contribution in [0.2, 0.25) is 0 Å². The van der Waals surface area contributed by atoms with E-state index in [1.54, 1.807) is 49.6 Å². The van der Waals surface area contributed by atoms with E-state index in [1.165, 1.54) is 0 Å². The van der Waals surface area contributed by atoms with Crippen LogP contribution < -0.4 is 10.6 Å². The van der Waals surface area contributed by atoms with Crippen molar-refractivity contribution in [2.24, 2.45) is 0 Å². The standard InChI is InChI=1S/C4H10N2O8.2C4H4N2.2H2O/c7-11-1-2(12-8)6-4(14-10)3(5-1)13-9;2*1-2-6-4-3-5-1;;/h1-10H;2*1-4H;2*1H2/t1-,2-,3+,4+;;;;. The number of nitrogens with zero attached hydrogens (tertiary/aromatic N) is 4. The topological polar surface area (TPSA) is 256 Å². The summed E-state index contributed by atoms with van der Waals surface area (Å²) in [5.74, 6) is 0. The zero-order chi connectivity index (χ0) is 19.0. The number of rotatable bonds is 4. The van der Waals surface area contributed by atoms with Crippen LogP contribution in [0.4, 0.5) is 0 Å². The molecule has 3 heterocycles. The van der Waals surface area contributed by atoms with Crippen molar-refractivity contribution in [2.45, 2.75) is 24.9 Å². The SMILES string of the molecule is O.O.OO[C@H]1N[C@@H](OO)[C@H](OO)N[C@@H]1OO.c1cnccn1.c1cnccn1. The monoisotopic (exact) mass is 410 g/mol. The van der Waals surface area contributed by atoms with E-state index in [0.717, 1.165) is 0 Å². The lowest BCUT2D eigenvalue weighted by atomic mass is 10.3. The van der Waals surface area contributed by atoms with Gasteiger partial charge in [-0.3, -0.25) is 51.6 Å². The van der Waals surface area contributed by atoms with Crippen molar-refractivity contribution in [3.63, 3.8) is 0 Å². The summed E-state index contributed by atoms with van der Waals surface area (Å²) in [7, 11) is 0. The first-order chi connectivity index (χ1) is 12.8. The molecule has 0 aromatic carbocycles. The Morgan fingerprint density at radius 2 is 0.643 bits per heavy atom. The Bertz CT molecular complexity index is 428. The third-order valence-electron chi connectivity index (χ3n) is 2.62. The summed E-state index contributed by atoms with van der Waals surface area (Å²) in [4.78, 5) is 30.2. The highest BCUT2D eigenvalue weighted by Crippen LogP contribution is 2.10. The Hall–Kier alpha value is -2.32. The van der Waals surface area contributed by atoms with Crippen molar-refractivity contribution in [1.82, 2.24) is 30.6 Å². The molecule has 16 nitrogen and oxygen atoms in total. The molecule has 0 radical (unpaired) electrons. The number of hydrogen-bond acceptors (Lipinski definition) is 14. The third-order valence-corrected chi connectivity index (χ3v) is 2.62. The molecule has 1 aliphatic heterocycles. The summed E-state index contributed by atoms with van der Waals surface area (Å²) >= 11 is 0. The van der Waals surface area contributed by atoms with E-state index in [9.17, 15) is 0 Å². The maximum Gasteiger partial charge on any atom is 0.188 e. The van der Waals surface area contributed by atoms with E-state index in [1.807, 2.05) is 0 Å². The molecule has 1 fully saturated rings. The zero-order valence-electron chi connectivity index (χ0n) is 14.1. The van der Waals surface area contributed by atoms with Crippen LogP contribution in [0.25, 0.3) is 0 Å². The van der Waals surface area contributed by atoms with Gasteiger partial charge in [0, 0.05) is 49.6 Å². The first-order valence-corrected chi connectivity index (χ1v) is 6.89. The lowest BCUT2D eigenvalue weighted by Gasteiger charge is -2.36. The maximum atomic E-state index is 8.33. The molecule has 0 unspecified atom stereocenters. The van der Waals surface area contributed by atoms with Crippen LogP contribution >= 0.6 is 0 Å². The smallest absolute Gasteiger partial charge is 0.188 e. The molecule has 0 aliphatic carbocycles. The van der Waals surface area contributed by atoms with Gasteiger partial charge in [-0.05, 0) is 0 Å². The van der Waals surface area contributed by atoms with Crippen LogP contribution in [0.1, 0.15) is 0 Å². The lowest BCUT2D eigenvalue weighted by Crippen LogP contribution is -2.68. The number of piperazine rings is 1. The van der Waals surface area contributed by atoms with E-state index in [0.29, 0.717) is 0 Å². The molecule has 28 heavy (non-hydrogen) atoms. The van der Waals surface area contributed by atoms with Gasteiger partial charge in [0.25, 0.3) is 0 Å². The molecule has 0 bridgehead atoms. The van der Waals surface area contributed by atoms with Gasteiger partial charge < -0.3 is 11.0 Å². The highest BCUT2D eigenvalue weighted by molar-refractivity contribution is 4.79.